The zero-order valence-corrected chi connectivity index (χ0v) is 12.0. The van der Waals surface area contributed by atoms with E-state index >= 15 is 0 Å². The summed E-state index contributed by atoms with van der Waals surface area (Å²) >= 11 is 3.31. The molecule has 1 aliphatic heterocycles. The quantitative estimate of drug-likeness (QED) is 0.634. The molecule has 2 heterocycles. The van der Waals surface area contributed by atoms with E-state index < -0.39 is 7.12 Å². The van der Waals surface area contributed by atoms with Crippen molar-refractivity contribution < 1.29 is 9.31 Å². The predicted molar refractivity (Wildman–Crippen MR) is 72.1 cm³/mol. The van der Waals surface area contributed by atoms with Crippen LogP contribution in [0, 0.1) is 0 Å². The lowest BCUT2D eigenvalue weighted by atomic mass is 9.80. The van der Waals surface area contributed by atoms with E-state index in [1.54, 1.807) is 6.07 Å². The van der Waals surface area contributed by atoms with E-state index in [1.165, 1.54) is 0 Å². The van der Waals surface area contributed by atoms with Crippen molar-refractivity contribution in [2.24, 2.45) is 0 Å². The number of aromatic nitrogens is 1. The highest BCUT2D eigenvalue weighted by atomic mass is 79.9. The van der Waals surface area contributed by atoms with Crippen molar-refractivity contribution in [2.75, 3.05) is 5.73 Å². The van der Waals surface area contributed by atoms with Crippen LogP contribution < -0.4 is 11.2 Å². The van der Waals surface area contributed by atoms with Crippen molar-refractivity contribution in [3.8, 4) is 0 Å². The lowest BCUT2D eigenvalue weighted by Crippen LogP contribution is -2.41. The lowest BCUT2D eigenvalue weighted by Gasteiger charge is -2.32. The molecule has 0 amide bonds. The van der Waals surface area contributed by atoms with E-state index in [0.29, 0.717) is 10.4 Å². The number of nitrogen functional groups attached to an aromatic ring is 1. The van der Waals surface area contributed by atoms with Crippen LogP contribution in [0.5, 0.6) is 0 Å². The van der Waals surface area contributed by atoms with E-state index in [2.05, 4.69) is 20.9 Å². The highest BCUT2D eigenvalue weighted by Crippen LogP contribution is 2.36. The van der Waals surface area contributed by atoms with Crippen LogP contribution in [0.1, 0.15) is 27.7 Å². The molecule has 1 aliphatic rings. The van der Waals surface area contributed by atoms with Crippen LogP contribution in [-0.2, 0) is 9.31 Å². The molecule has 17 heavy (non-hydrogen) atoms. The average molecular weight is 299 g/mol. The van der Waals surface area contributed by atoms with Crippen molar-refractivity contribution in [1.29, 1.82) is 0 Å². The van der Waals surface area contributed by atoms with Gasteiger partial charge in [0.2, 0.25) is 0 Å². The van der Waals surface area contributed by atoms with Crippen LogP contribution in [0.25, 0.3) is 0 Å². The molecule has 1 fully saturated rings. The number of nitrogens with zero attached hydrogens (tertiary/aromatic N) is 1. The zero-order chi connectivity index (χ0) is 12.8. The first kappa shape index (κ1) is 12.9. The Bertz CT molecular complexity index is 415. The molecule has 1 aromatic rings. The molecular formula is C11H16BBrN2O2. The number of nitrogens with two attached hydrogens (primary N) is 1. The maximum Gasteiger partial charge on any atom is 0.495 e. The molecule has 4 nitrogen and oxygen atoms in total. The van der Waals surface area contributed by atoms with Gasteiger partial charge in [0, 0.05) is 0 Å². The maximum atomic E-state index is 5.93. The summed E-state index contributed by atoms with van der Waals surface area (Å²) in [5, 5.41) is 0. The van der Waals surface area contributed by atoms with Gasteiger partial charge < -0.3 is 15.0 Å². The second-order valence-corrected chi connectivity index (χ2v) is 6.05. The highest BCUT2D eigenvalue weighted by Gasteiger charge is 2.51. The van der Waals surface area contributed by atoms with Crippen LogP contribution in [0.3, 0.4) is 0 Å². The molecule has 0 bridgehead atoms. The van der Waals surface area contributed by atoms with E-state index in [9.17, 15) is 0 Å². The van der Waals surface area contributed by atoms with Crippen molar-refractivity contribution in [3.05, 3.63) is 16.7 Å². The molecule has 2 N–H and O–H groups in total. The normalized spacial score (nSPS) is 21.8. The molecule has 0 radical (unpaired) electrons. The Balaban J connectivity index is 2.32. The molecule has 1 aromatic heterocycles. The van der Waals surface area contributed by atoms with E-state index in [4.69, 9.17) is 15.0 Å². The molecule has 0 spiro atoms. The SMILES string of the molecule is CC1(C)OB(c2cc(N)nc(Br)c2)OC1(C)C. The topological polar surface area (TPSA) is 57.4 Å². The van der Waals surface area contributed by atoms with E-state index in [-0.39, 0.29) is 11.2 Å². The van der Waals surface area contributed by atoms with E-state index in [1.807, 2.05) is 33.8 Å². The monoisotopic (exact) mass is 298 g/mol. The predicted octanol–water partition coefficient (Wildman–Crippen LogP) is 1.73. The van der Waals surface area contributed by atoms with Gasteiger partial charge >= 0.3 is 7.12 Å². The number of hydrogen-bond donors (Lipinski definition) is 1. The van der Waals surface area contributed by atoms with Gasteiger partial charge in [0.15, 0.2) is 0 Å². The second kappa shape index (κ2) is 3.97. The first-order chi connectivity index (χ1) is 7.71. The standard InChI is InChI=1S/C11H16BBrN2O2/c1-10(2)11(3,4)17-12(16-10)7-5-8(13)15-9(14)6-7/h5-6H,1-4H3,(H2,14,15). The molecule has 0 atom stereocenters. The highest BCUT2D eigenvalue weighted by molar-refractivity contribution is 9.10. The third kappa shape index (κ3) is 2.34. The van der Waals surface area contributed by atoms with Crippen molar-refractivity contribution in [1.82, 2.24) is 4.98 Å². The molecule has 2 rings (SSSR count). The van der Waals surface area contributed by atoms with Gasteiger partial charge in [-0.3, -0.25) is 0 Å². The van der Waals surface area contributed by atoms with Crippen molar-refractivity contribution >= 4 is 34.3 Å². The van der Waals surface area contributed by atoms with Crippen LogP contribution in [0.2, 0.25) is 0 Å². The molecule has 6 heteroatoms. The van der Waals surface area contributed by atoms with Crippen LogP contribution in [0.15, 0.2) is 16.7 Å². The number of halogens is 1. The summed E-state index contributed by atoms with van der Waals surface area (Å²) in [7, 11) is -0.401. The molecule has 0 aromatic carbocycles. The minimum absolute atomic E-state index is 0.345. The fourth-order valence-corrected chi connectivity index (χ4v) is 2.12. The molecule has 92 valence electrons. The largest absolute Gasteiger partial charge is 0.495 e. The van der Waals surface area contributed by atoms with E-state index in [0.717, 1.165) is 5.46 Å². The van der Waals surface area contributed by atoms with Crippen LogP contribution in [-0.4, -0.2) is 23.3 Å². The Morgan fingerprint density at radius 1 is 1.18 bits per heavy atom. The van der Waals surface area contributed by atoms with Gasteiger partial charge in [-0.25, -0.2) is 4.98 Å². The summed E-state index contributed by atoms with van der Waals surface area (Å²) in [6.45, 7) is 8.08. The summed E-state index contributed by atoms with van der Waals surface area (Å²) in [5.74, 6) is 0.448. The molecule has 0 unspecified atom stereocenters. The summed E-state index contributed by atoms with van der Waals surface area (Å²) in [4.78, 5) is 4.06. The molecule has 1 saturated heterocycles. The van der Waals surface area contributed by atoms with Gasteiger partial charge in [0.25, 0.3) is 0 Å². The Morgan fingerprint density at radius 2 is 1.71 bits per heavy atom. The van der Waals surface area contributed by atoms with Crippen molar-refractivity contribution in [3.63, 3.8) is 0 Å². The van der Waals surface area contributed by atoms with Crippen LogP contribution >= 0.6 is 15.9 Å². The zero-order valence-electron chi connectivity index (χ0n) is 10.5. The number of pyridine rings is 1. The number of anilines is 1. The van der Waals surface area contributed by atoms with Gasteiger partial charge in [-0.05, 0) is 61.2 Å². The molecular weight excluding hydrogens is 283 g/mol. The summed E-state index contributed by atoms with van der Waals surface area (Å²) in [6.07, 6.45) is 0. The Kier molecular flexibility index (Phi) is 3.00. The summed E-state index contributed by atoms with van der Waals surface area (Å²) in [6, 6.07) is 3.63. The fraction of sp³-hybridized carbons (Fsp3) is 0.545. The minimum Gasteiger partial charge on any atom is -0.399 e. The maximum absolute atomic E-state index is 5.93. The fourth-order valence-electron chi connectivity index (χ4n) is 1.65. The summed E-state index contributed by atoms with van der Waals surface area (Å²) < 4.78 is 12.6. The molecule has 0 aliphatic carbocycles. The van der Waals surface area contributed by atoms with Gasteiger partial charge in [-0.1, -0.05) is 0 Å². The lowest BCUT2D eigenvalue weighted by molar-refractivity contribution is 0.00578. The smallest absolute Gasteiger partial charge is 0.399 e. The van der Waals surface area contributed by atoms with Crippen LogP contribution in [0.4, 0.5) is 5.82 Å². The number of rotatable bonds is 1. The van der Waals surface area contributed by atoms with Gasteiger partial charge in [-0.15, -0.1) is 0 Å². The van der Waals surface area contributed by atoms with Gasteiger partial charge in [0.1, 0.15) is 10.4 Å². The average Bonchev–Trinajstić information content (AvgIpc) is 2.34. The third-order valence-electron chi connectivity index (χ3n) is 3.36. The third-order valence-corrected chi connectivity index (χ3v) is 3.77. The second-order valence-electron chi connectivity index (χ2n) is 5.24. The Hall–Kier alpha value is -0.585. The number of hydrogen-bond acceptors (Lipinski definition) is 4. The van der Waals surface area contributed by atoms with Gasteiger partial charge in [-0.2, -0.15) is 0 Å². The van der Waals surface area contributed by atoms with Crippen molar-refractivity contribution in [2.45, 2.75) is 38.9 Å². The first-order valence-corrected chi connectivity index (χ1v) is 6.29. The van der Waals surface area contributed by atoms with Gasteiger partial charge in [0.05, 0.1) is 11.2 Å². The Labute approximate surface area is 110 Å². The summed E-state index contributed by atoms with van der Waals surface area (Å²) in [5.41, 5.74) is 5.90. The molecule has 0 saturated carbocycles. The Morgan fingerprint density at radius 3 is 2.18 bits per heavy atom. The minimum atomic E-state index is -0.401. The first-order valence-electron chi connectivity index (χ1n) is 5.50.